The van der Waals surface area contributed by atoms with E-state index in [1.807, 2.05) is 12.3 Å². The SMILES string of the molecule is CCOC(=O)C(N)Cc1cc[nH]c1. The van der Waals surface area contributed by atoms with Crippen LogP contribution in [0.5, 0.6) is 0 Å². The maximum Gasteiger partial charge on any atom is 0.323 e. The largest absolute Gasteiger partial charge is 0.465 e. The predicted octanol–water partition coefficient (Wildman–Crippen LogP) is 0.448. The Morgan fingerprint density at radius 1 is 1.77 bits per heavy atom. The highest BCUT2D eigenvalue weighted by molar-refractivity contribution is 5.75. The third kappa shape index (κ3) is 2.91. The molecular weight excluding hydrogens is 168 g/mol. The molecule has 0 aliphatic heterocycles. The van der Waals surface area contributed by atoms with E-state index in [-0.39, 0.29) is 5.97 Å². The summed E-state index contributed by atoms with van der Waals surface area (Å²) in [6, 6.07) is 1.33. The van der Waals surface area contributed by atoms with Crippen LogP contribution in [0.1, 0.15) is 12.5 Å². The summed E-state index contributed by atoms with van der Waals surface area (Å²) in [4.78, 5) is 14.0. The van der Waals surface area contributed by atoms with E-state index in [4.69, 9.17) is 10.5 Å². The summed E-state index contributed by atoms with van der Waals surface area (Å²) in [6.07, 6.45) is 4.13. The van der Waals surface area contributed by atoms with Gasteiger partial charge in [0.15, 0.2) is 0 Å². The number of aromatic nitrogens is 1. The fraction of sp³-hybridized carbons (Fsp3) is 0.444. The molecule has 0 saturated heterocycles. The third-order valence-corrected chi connectivity index (χ3v) is 1.71. The molecule has 0 saturated carbocycles. The normalized spacial score (nSPS) is 12.5. The zero-order valence-corrected chi connectivity index (χ0v) is 7.62. The van der Waals surface area contributed by atoms with Crippen LogP contribution >= 0.6 is 0 Å². The zero-order valence-electron chi connectivity index (χ0n) is 7.62. The van der Waals surface area contributed by atoms with Crippen molar-refractivity contribution in [3.05, 3.63) is 24.0 Å². The molecule has 13 heavy (non-hydrogen) atoms. The summed E-state index contributed by atoms with van der Waals surface area (Å²) in [6.45, 7) is 2.14. The fourth-order valence-corrected chi connectivity index (χ4v) is 1.07. The standard InChI is InChI=1S/C9H14N2O2/c1-2-13-9(12)8(10)5-7-3-4-11-6-7/h3-4,6,8,11H,2,5,10H2,1H3. The topological polar surface area (TPSA) is 68.1 Å². The molecule has 4 nitrogen and oxygen atoms in total. The molecule has 1 aromatic rings. The first kappa shape index (κ1) is 9.80. The number of aromatic amines is 1. The average molecular weight is 182 g/mol. The molecule has 0 bridgehead atoms. The average Bonchev–Trinajstić information content (AvgIpc) is 2.57. The van der Waals surface area contributed by atoms with Gasteiger partial charge in [-0.2, -0.15) is 0 Å². The molecule has 1 rings (SSSR count). The molecule has 0 aliphatic rings. The molecule has 0 fully saturated rings. The molecule has 72 valence electrons. The van der Waals surface area contributed by atoms with E-state index in [2.05, 4.69) is 4.98 Å². The van der Waals surface area contributed by atoms with Gasteiger partial charge >= 0.3 is 5.97 Å². The van der Waals surface area contributed by atoms with E-state index in [1.165, 1.54) is 0 Å². The monoisotopic (exact) mass is 182 g/mol. The predicted molar refractivity (Wildman–Crippen MR) is 49.1 cm³/mol. The van der Waals surface area contributed by atoms with Gasteiger partial charge in [-0.05, 0) is 25.0 Å². The first-order chi connectivity index (χ1) is 6.24. The molecule has 3 N–H and O–H groups in total. The Balaban J connectivity index is 2.41. The van der Waals surface area contributed by atoms with E-state index >= 15 is 0 Å². The molecule has 4 heteroatoms. The number of rotatable bonds is 4. The van der Waals surface area contributed by atoms with Gasteiger partial charge in [-0.1, -0.05) is 0 Å². The Hall–Kier alpha value is -1.29. The van der Waals surface area contributed by atoms with Crippen molar-refractivity contribution in [2.75, 3.05) is 6.61 Å². The fourth-order valence-electron chi connectivity index (χ4n) is 1.07. The second-order valence-corrected chi connectivity index (χ2v) is 2.78. The molecule has 0 radical (unpaired) electrons. The minimum absolute atomic E-state index is 0.344. The van der Waals surface area contributed by atoms with Crippen LogP contribution in [0.25, 0.3) is 0 Å². The summed E-state index contributed by atoms with van der Waals surface area (Å²) in [7, 11) is 0. The lowest BCUT2D eigenvalue weighted by Gasteiger charge is -2.08. The van der Waals surface area contributed by atoms with Gasteiger partial charge in [0.25, 0.3) is 0 Å². The Morgan fingerprint density at radius 2 is 2.54 bits per heavy atom. The summed E-state index contributed by atoms with van der Waals surface area (Å²) in [5.41, 5.74) is 6.62. The molecule has 1 heterocycles. The van der Waals surface area contributed by atoms with Crippen molar-refractivity contribution in [2.45, 2.75) is 19.4 Å². The smallest absolute Gasteiger partial charge is 0.323 e. The number of nitrogens with one attached hydrogen (secondary N) is 1. The van der Waals surface area contributed by atoms with Crippen LogP contribution in [0.15, 0.2) is 18.5 Å². The van der Waals surface area contributed by atoms with Crippen molar-refractivity contribution < 1.29 is 9.53 Å². The van der Waals surface area contributed by atoms with Crippen LogP contribution in [0.4, 0.5) is 0 Å². The maximum absolute atomic E-state index is 11.1. The van der Waals surface area contributed by atoms with Gasteiger partial charge in [-0.15, -0.1) is 0 Å². The second-order valence-electron chi connectivity index (χ2n) is 2.78. The number of hydrogen-bond acceptors (Lipinski definition) is 3. The number of H-pyrrole nitrogens is 1. The quantitative estimate of drug-likeness (QED) is 0.664. The number of ether oxygens (including phenoxy) is 1. The first-order valence-electron chi connectivity index (χ1n) is 4.28. The number of carbonyl (C=O) groups is 1. The van der Waals surface area contributed by atoms with E-state index in [9.17, 15) is 4.79 Å². The number of hydrogen-bond donors (Lipinski definition) is 2. The third-order valence-electron chi connectivity index (χ3n) is 1.71. The molecule has 1 atom stereocenters. The van der Waals surface area contributed by atoms with Crippen molar-refractivity contribution >= 4 is 5.97 Å². The highest BCUT2D eigenvalue weighted by Gasteiger charge is 2.14. The summed E-state index contributed by atoms with van der Waals surface area (Å²) in [5.74, 6) is -0.344. The molecule has 0 aliphatic carbocycles. The van der Waals surface area contributed by atoms with Gasteiger partial charge in [-0.3, -0.25) is 4.79 Å². The lowest BCUT2D eigenvalue weighted by atomic mass is 10.1. The van der Waals surface area contributed by atoms with Gasteiger partial charge in [0.1, 0.15) is 6.04 Å². The molecular formula is C9H14N2O2. The van der Waals surface area contributed by atoms with Crippen LogP contribution in [0, 0.1) is 0 Å². The van der Waals surface area contributed by atoms with Crippen molar-refractivity contribution in [1.82, 2.24) is 4.98 Å². The van der Waals surface area contributed by atoms with E-state index in [0.29, 0.717) is 13.0 Å². The van der Waals surface area contributed by atoms with Gasteiger partial charge in [0.05, 0.1) is 6.61 Å². The van der Waals surface area contributed by atoms with Crippen molar-refractivity contribution in [2.24, 2.45) is 5.73 Å². The van der Waals surface area contributed by atoms with Crippen LogP contribution < -0.4 is 5.73 Å². The van der Waals surface area contributed by atoms with Crippen LogP contribution in [-0.4, -0.2) is 23.6 Å². The van der Waals surface area contributed by atoms with Gasteiger partial charge in [0, 0.05) is 12.4 Å². The Morgan fingerprint density at radius 3 is 3.08 bits per heavy atom. The number of carbonyl (C=O) groups excluding carboxylic acids is 1. The lowest BCUT2D eigenvalue weighted by molar-refractivity contribution is -0.144. The van der Waals surface area contributed by atoms with Crippen LogP contribution in [-0.2, 0) is 16.0 Å². The summed E-state index contributed by atoms with van der Waals surface area (Å²) >= 11 is 0. The van der Waals surface area contributed by atoms with Crippen LogP contribution in [0.2, 0.25) is 0 Å². The van der Waals surface area contributed by atoms with Crippen molar-refractivity contribution in [3.63, 3.8) is 0 Å². The number of nitrogens with two attached hydrogens (primary N) is 1. The lowest BCUT2D eigenvalue weighted by Crippen LogP contribution is -2.34. The zero-order chi connectivity index (χ0) is 9.68. The Labute approximate surface area is 77.1 Å². The van der Waals surface area contributed by atoms with Crippen LogP contribution in [0.3, 0.4) is 0 Å². The van der Waals surface area contributed by atoms with Gasteiger partial charge < -0.3 is 15.5 Å². The minimum Gasteiger partial charge on any atom is -0.465 e. The first-order valence-corrected chi connectivity index (χ1v) is 4.28. The Kier molecular flexibility index (Phi) is 3.52. The van der Waals surface area contributed by atoms with E-state index in [1.54, 1.807) is 13.1 Å². The molecule has 1 unspecified atom stereocenters. The molecule has 1 aromatic heterocycles. The van der Waals surface area contributed by atoms with Gasteiger partial charge in [0.2, 0.25) is 0 Å². The molecule has 0 aromatic carbocycles. The van der Waals surface area contributed by atoms with Gasteiger partial charge in [-0.25, -0.2) is 0 Å². The highest BCUT2D eigenvalue weighted by atomic mass is 16.5. The van der Waals surface area contributed by atoms with Crippen molar-refractivity contribution in [1.29, 1.82) is 0 Å². The summed E-state index contributed by atoms with van der Waals surface area (Å²) < 4.78 is 4.78. The molecule has 0 amide bonds. The maximum atomic E-state index is 11.1. The van der Waals surface area contributed by atoms with Crippen molar-refractivity contribution in [3.8, 4) is 0 Å². The number of esters is 1. The summed E-state index contributed by atoms with van der Waals surface area (Å²) in [5, 5.41) is 0. The minimum atomic E-state index is -0.559. The highest BCUT2D eigenvalue weighted by Crippen LogP contribution is 2.01. The van der Waals surface area contributed by atoms with E-state index in [0.717, 1.165) is 5.56 Å². The Bertz CT molecular complexity index is 257. The molecule has 0 spiro atoms. The second kappa shape index (κ2) is 4.67. The van der Waals surface area contributed by atoms with E-state index < -0.39 is 6.04 Å².